The van der Waals surface area contributed by atoms with Gasteiger partial charge in [-0.15, -0.1) is 11.3 Å². The minimum atomic E-state index is 0.496. The van der Waals surface area contributed by atoms with Crippen molar-refractivity contribution in [3.05, 3.63) is 16.1 Å². The molecular weight excluding hydrogens is 276 g/mol. The molecule has 114 valence electrons. The average Bonchev–Trinajstić information content (AvgIpc) is 2.97. The van der Waals surface area contributed by atoms with Crippen LogP contribution in [0.25, 0.3) is 0 Å². The predicted octanol–water partition coefficient (Wildman–Crippen LogP) is 4.08. The number of aromatic nitrogens is 1. The molecule has 21 heavy (non-hydrogen) atoms. The molecule has 5 aliphatic rings. The molecule has 2 heterocycles. The van der Waals surface area contributed by atoms with Crippen molar-refractivity contribution in [3.8, 4) is 0 Å². The smallest absolute Gasteiger partial charge is 0.0960 e. The van der Waals surface area contributed by atoms with Gasteiger partial charge in [-0.2, -0.15) is 0 Å². The molecule has 5 fully saturated rings. The van der Waals surface area contributed by atoms with Crippen molar-refractivity contribution < 1.29 is 0 Å². The van der Waals surface area contributed by atoms with Gasteiger partial charge in [-0.3, -0.25) is 0 Å². The van der Waals surface area contributed by atoms with Crippen LogP contribution in [0, 0.1) is 17.8 Å². The molecule has 0 radical (unpaired) electrons. The molecule has 4 saturated carbocycles. The third kappa shape index (κ3) is 2.11. The van der Waals surface area contributed by atoms with Gasteiger partial charge >= 0.3 is 0 Å². The summed E-state index contributed by atoms with van der Waals surface area (Å²) in [6.45, 7) is 2.36. The Hall–Kier alpha value is -0.410. The Morgan fingerprint density at radius 2 is 1.62 bits per heavy atom. The van der Waals surface area contributed by atoms with E-state index in [9.17, 15) is 0 Å². The third-order valence-electron chi connectivity index (χ3n) is 6.79. The lowest BCUT2D eigenvalue weighted by Gasteiger charge is -2.56. The number of hydrogen-bond donors (Lipinski definition) is 1. The van der Waals surface area contributed by atoms with Gasteiger partial charge in [0.25, 0.3) is 0 Å². The van der Waals surface area contributed by atoms with E-state index in [1.165, 1.54) is 75.2 Å². The maximum Gasteiger partial charge on any atom is 0.0960 e. The molecule has 4 bridgehead atoms. The summed E-state index contributed by atoms with van der Waals surface area (Å²) in [4.78, 5) is 5.21. The van der Waals surface area contributed by atoms with E-state index in [-0.39, 0.29) is 0 Å². The highest BCUT2D eigenvalue weighted by Gasteiger charge is 2.52. The second-order valence-electron chi connectivity index (χ2n) is 8.29. The zero-order chi connectivity index (χ0) is 13.9. The fourth-order valence-corrected chi connectivity index (χ4v) is 7.33. The lowest BCUT2D eigenvalue weighted by atomic mass is 9.49. The van der Waals surface area contributed by atoms with Crippen LogP contribution in [0.5, 0.6) is 0 Å². The monoisotopic (exact) mass is 302 g/mol. The van der Waals surface area contributed by atoms with Crippen LogP contribution in [0.1, 0.15) is 68.0 Å². The zero-order valence-corrected chi connectivity index (χ0v) is 13.6. The van der Waals surface area contributed by atoms with E-state index in [2.05, 4.69) is 10.7 Å². The van der Waals surface area contributed by atoms with E-state index in [1.807, 2.05) is 11.3 Å². The third-order valence-corrected chi connectivity index (χ3v) is 7.80. The van der Waals surface area contributed by atoms with E-state index in [0.717, 1.165) is 23.7 Å². The molecular formula is C18H26N2S. The molecule has 3 heteroatoms. The van der Waals surface area contributed by atoms with Crippen molar-refractivity contribution in [3.63, 3.8) is 0 Å². The molecule has 2 nitrogen and oxygen atoms in total. The molecule has 4 aliphatic carbocycles. The molecule has 0 atom stereocenters. The van der Waals surface area contributed by atoms with Gasteiger partial charge in [0.2, 0.25) is 0 Å². The number of piperidine rings is 1. The minimum Gasteiger partial charge on any atom is -0.317 e. The second kappa shape index (κ2) is 4.79. The Kier molecular flexibility index (Phi) is 2.98. The first-order chi connectivity index (χ1) is 10.3. The summed E-state index contributed by atoms with van der Waals surface area (Å²) in [6, 6.07) is 0. The lowest BCUT2D eigenvalue weighted by Crippen LogP contribution is -2.48. The lowest BCUT2D eigenvalue weighted by molar-refractivity contribution is -0.00700. The maximum absolute atomic E-state index is 5.21. The van der Waals surface area contributed by atoms with Crippen LogP contribution < -0.4 is 5.32 Å². The summed E-state index contributed by atoms with van der Waals surface area (Å²) in [5.41, 5.74) is 2.00. The van der Waals surface area contributed by atoms with Gasteiger partial charge in [-0.05, 0) is 82.2 Å². The van der Waals surface area contributed by atoms with Crippen LogP contribution >= 0.6 is 11.3 Å². The predicted molar refractivity (Wildman–Crippen MR) is 86.8 cm³/mol. The number of nitrogens with one attached hydrogen (secondary N) is 1. The molecule has 0 spiro atoms. The van der Waals surface area contributed by atoms with E-state index in [4.69, 9.17) is 4.98 Å². The van der Waals surface area contributed by atoms with Crippen LogP contribution in [0.3, 0.4) is 0 Å². The molecule has 1 aliphatic heterocycles. The van der Waals surface area contributed by atoms with Crippen molar-refractivity contribution >= 4 is 11.3 Å². The topological polar surface area (TPSA) is 24.9 Å². The largest absolute Gasteiger partial charge is 0.317 e. The summed E-state index contributed by atoms with van der Waals surface area (Å²) in [5.74, 6) is 3.82. The minimum absolute atomic E-state index is 0.496. The average molecular weight is 302 g/mol. The molecule has 1 saturated heterocycles. The maximum atomic E-state index is 5.21. The normalized spacial score (nSPS) is 42.6. The van der Waals surface area contributed by atoms with Crippen molar-refractivity contribution in [1.29, 1.82) is 0 Å². The number of rotatable bonds is 2. The second-order valence-corrected chi connectivity index (χ2v) is 9.18. The van der Waals surface area contributed by atoms with Crippen molar-refractivity contribution in [2.24, 2.45) is 17.8 Å². The number of thiazole rings is 1. The molecule has 1 aromatic rings. The summed E-state index contributed by atoms with van der Waals surface area (Å²) in [6.07, 6.45) is 11.5. The standard InChI is InChI=1S/C18H26N2S/c1-3-19-4-2-15(1)17-20-16(11-21-17)18-8-12-5-13(9-18)7-14(6-12)10-18/h11-15,19H,1-10H2. The summed E-state index contributed by atoms with van der Waals surface area (Å²) >= 11 is 1.97. The number of hydrogen-bond acceptors (Lipinski definition) is 3. The highest BCUT2D eigenvalue weighted by Crippen LogP contribution is 2.60. The highest BCUT2D eigenvalue weighted by atomic mass is 32.1. The molecule has 0 unspecified atom stereocenters. The quantitative estimate of drug-likeness (QED) is 0.890. The van der Waals surface area contributed by atoms with E-state index >= 15 is 0 Å². The SMILES string of the molecule is c1sc(C2CCNCC2)nc1C12CC3CC(CC(C3)C1)C2. The van der Waals surface area contributed by atoms with Crippen LogP contribution in [0.2, 0.25) is 0 Å². The van der Waals surface area contributed by atoms with Crippen LogP contribution in [0.4, 0.5) is 0 Å². The number of nitrogens with zero attached hydrogens (tertiary/aromatic N) is 1. The fourth-order valence-electron chi connectivity index (χ4n) is 6.21. The van der Waals surface area contributed by atoms with Gasteiger partial charge < -0.3 is 5.32 Å². The molecule has 1 aromatic heterocycles. The Bertz CT molecular complexity index is 494. The van der Waals surface area contributed by atoms with Gasteiger partial charge in [-0.25, -0.2) is 4.98 Å². The van der Waals surface area contributed by atoms with Crippen molar-refractivity contribution in [1.82, 2.24) is 10.3 Å². The van der Waals surface area contributed by atoms with Gasteiger partial charge in [0.05, 0.1) is 10.7 Å². The Labute approximate surface area is 131 Å². The van der Waals surface area contributed by atoms with Gasteiger partial charge in [0.15, 0.2) is 0 Å². The summed E-state index contributed by atoms with van der Waals surface area (Å²) in [7, 11) is 0. The van der Waals surface area contributed by atoms with Gasteiger partial charge in [-0.1, -0.05) is 0 Å². The van der Waals surface area contributed by atoms with Crippen molar-refractivity contribution in [2.75, 3.05) is 13.1 Å². The highest BCUT2D eigenvalue weighted by molar-refractivity contribution is 7.09. The first-order valence-corrected chi connectivity index (χ1v) is 9.85. The Morgan fingerprint density at radius 1 is 1.00 bits per heavy atom. The molecule has 0 amide bonds. The first kappa shape index (κ1) is 13.1. The fraction of sp³-hybridized carbons (Fsp3) is 0.833. The van der Waals surface area contributed by atoms with Gasteiger partial charge in [0.1, 0.15) is 0 Å². The zero-order valence-electron chi connectivity index (χ0n) is 12.8. The summed E-state index contributed by atoms with van der Waals surface area (Å²) in [5, 5.41) is 7.37. The van der Waals surface area contributed by atoms with Crippen LogP contribution in [0.15, 0.2) is 5.38 Å². The van der Waals surface area contributed by atoms with E-state index in [0.29, 0.717) is 5.41 Å². The van der Waals surface area contributed by atoms with Gasteiger partial charge in [0, 0.05) is 16.7 Å². The van der Waals surface area contributed by atoms with Crippen LogP contribution in [-0.4, -0.2) is 18.1 Å². The van der Waals surface area contributed by atoms with E-state index < -0.39 is 0 Å². The molecule has 6 rings (SSSR count). The Balaban J connectivity index is 1.44. The Morgan fingerprint density at radius 3 is 2.24 bits per heavy atom. The van der Waals surface area contributed by atoms with E-state index in [1.54, 1.807) is 0 Å². The molecule has 0 aromatic carbocycles. The van der Waals surface area contributed by atoms with Crippen LogP contribution in [-0.2, 0) is 5.41 Å². The molecule has 1 N–H and O–H groups in total. The van der Waals surface area contributed by atoms with Crippen molar-refractivity contribution in [2.45, 2.75) is 62.7 Å². The summed E-state index contributed by atoms with van der Waals surface area (Å²) < 4.78 is 0. The first-order valence-electron chi connectivity index (χ1n) is 8.97.